The number of nitrogens with zero attached hydrogens (tertiary/aromatic N) is 3. The predicted molar refractivity (Wildman–Crippen MR) is 79.9 cm³/mol. The van der Waals surface area contributed by atoms with E-state index in [1.807, 2.05) is 6.07 Å². The Balaban J connectivity index is 2.30. The molecule has 0 spiro atoms. The van der Waals surface area contributed by atoms with Gasteiger partial charge in [0, 0.05) is 17.0 Å². The number of nitrogens with two attached hydrogens (primary N) is 2. The lowest BCUT2D eigenvalue weighted by molar-refractivity contribution is 0.677. The molecule has 5 N–H and O–H groups in total. The normalized spacial score (nSPS) is 10.7. The smallest absolute Gasteiger partial charge is 0.223 e. The van der Waals surface area contributed by atoms with Crippen molar-refractivity contribution >= 4 is 28.9 Å². The third-order valence-corrected chi connectivity index (χ3v) is 3.56. The van der Waals surface area contributed by atoms with Crippen molar-refractivity contribution in [1.29, 1.82) is 0 Å². The highest BCUT2D eigenvalue weighted by molar-refractivity contribution is 7.09. The van der Waals surface area contributed by atoms with Crippen molar-refractivity contribution in [3.05, 3.63) is 28.5 Å². The highest BCUT2D eigenvalue weighted by atomic mass is 32.1. The SMILES string of the molecule is CC(C)N(Cc1cccs1)c1cc(NN)nc(N)n1. The maximum Gasteiger partial charge on any atom is 0.223 e. The Hall–Kier alpha value is -1.86. The number of hydrazine groups is 1. The van der Waals surface area contributed by atoms with Crippen LogP contribution in [-0.4, -0.2) is 16.0 Å². The van der Waals surface area contributed by atoms with Crippen molar-refractivity contribution in [3.8, 4) is 0 Å². The number of nitrogens with one attached hydrogen (secondary N) is 1. The first-order valence-electron chi connectivity index (χ1n) is 6.00. The van der Waals surface area contributed by atoms with Gasteiger partial charge in [-0.05, 0) is 25.3 Å². The van der Waals surface area contributed by atoms with E-state index in [0.717, 1.165) is 12.4 Å². The first-order valence-corrected chi connectivity index (χ1v) is 6.88. The predicted octanol–water partition coefficient (Wildman–Crippen LogP) is 1.82. The molecule has 6 nitrogen and oxygen atoms in total. The van der Waals surface area contributed by atoms with E-state index in [-0.39, 0.29) is 5.95 Å². The quantitative estimate of drug-likeness (QED) is 0.570. The zero-order valence-electron chi connectivity index (χ0n) is 11.0. The van der Waals surface area contributed by atoms with Crippen LogP contribution >= 0.6 is 11.3 Å². The number of anilines is 3. The summed E-state index contributed by atoms with van der Waals surface area (Å²) in [5, 5.41) is 2.06. The molecule has 7 heteroatoms. The van der Waals surface area contributed by atoms with Gasteiger partial charge in [-0.1, -0.05) is 6.07 Å². The molecule has 2 aromatic rings. The summed E-state index contributed by atoms with van der Waals surface area (Å²) in [6.07, 6.45) is 0. The summed E-state index contributed by atoms with van der Waals surface area (Å²) in [7, 11) is 0. The van der Waals surface area contributed by atoms with Crippen LogP contribution in [0.4, 0.5) is 17.6 Å². The molecular weight excluding hydrogens is 260 g/mol. The van der Waals surface area contributed by atoms with Crippen LogP contribution in [0.3, 0.4) is 0 Å². The van der Waals surface area contributed by atoms with E-state index in [9.17, 15) is 0 Å². The zero-order chi connectivity index (χ0) is 13.8. The van der Waals surface area contributed by atoms with Crippen LogP contribution in [-0.2, 0) is 6.54 Å². The van der Waals surface area contributed by atoms with Crippen LogP contribution in [0.2, 0.25) is 0 Å². The van der Waals surface area contributed by atoms with Crippen LogP contribution in [0, 0.1) is 0 Å². The van der Waals surface area contributed by atoms with E-state index in [1.54, 1.807) is 17.4 Å². The second-order valence-electron chi connectivity index (χ2n) is 4.41. The molecule has 2 rings (SSSR count). The number of hydrogen-bond donors (Lipinski definition) is 3. The van der Waals surface area contributed by atoms with Gasteiger partial charge in [-0.3, -0.25) is 0 Å². The summed E-state index contributed by atoms with van der Waals surface area (Å²) in [6, 6.07) is 6.23. The van der Waals surface area contributed by atoms with E-state index >= 15 is 0 Å². The Morgan fingerprint density at radius 3 is 2.79 bits per heavy atom. The molecule has 0 unspecified atom stereocenters. The van der Waals surface area contributed by atoms with E-state index in [2.05, 4.69) is 45.6 Å². The minimum absolute atomic E-state index is 0.210. The minimum atomic E-state index is 0.210. The molecule has 2 aromatic heterocycles. The van der Waals surface area contributed by atoms with Crippen molar-refractivity contribution in [3.63, 3.8) is 0 Å². The molecular formula is C12H18N6S. The highest BCUT2D eigenvalue weighted by Crippen LogP contribution is 2.22. The molecule has 0 saturated carbocycles. The largest absolute Gasteiger partial charge is 0.368 e. The summed E-state index contributed by atoms with van der Waals surface area (Å²) < 4.78 is 0. The Morgan fingerprint density at radius 1 is 1.42 bits per heavy atom. The molecule has 2 heterocycles. The number of hydrogen-bond acceptors (Lipinski definition) is 7. The Bertz CT molecular complexity index is 525. The molecule has 0 aliphatic heterocycles. The van der Waals surface area contributed by atoms with Crippen LogP contribution < -0.4 is 21.9 Å². The molecule has 0 saturated heterocycles. The molecule has 19 heavy (non-hydrogen) atoms. The van der Waals surface area contributed by atoms with E-state index < -0.39 is 0 Å². The first kappa shape index (κ1) is 13.6. The maximum absolute atomic E-state index is 5.70. The summed E-state index contributed by atoms with van der Waals surface area (Å²) in [5.41, 5.74) is 8.21. The van der Waals surface area contributed by atoms with Gasteiger partial charge in [0.15, 0.2) is 0 Å². The summed E-state index contributed by atoms with van der Waals surface area (Å²) in [4.78, 5) is 11.7. The van der Waals surface area contributed by atoms with Gasteiger partial charge < -0.3 is 16.1 Å². The lowest BCUT2D eigenvalue weighted by Gasteiger charge is -2.27. The molecule has 0 bridgehead atoms. The van der Waals surface area contributed by atoms with Crippen LogP contribution in [0.5, 0.6) is 0 Å². The number of thiophene rings is 1. The standard InChI is InChI=1S/C12H18N6S/c1-8(2)18(7-9-4-3-5-19-9)11-6-10(17-14)15-12(13)16-11/h3-6,8H,7,14H2,1-2H3,(H3,13,15,16,17). The fourth-order valence-electron chi connectivity index (χ4n) is 1.77. The second kappa shape index (κ2) is 5.85. The van der Waals surface area contributed by atoms with Crippen LogP contribution in [0.25, 0.3) is 0 Å². The Morgan fingerprint density at radius 2 is 2.21 bits per heavy atom. The summed E-state index contributed by atoms with van der Waals surface area (Å²) >= 11 is 1.72. The van der Waals surface area contributed by atoms with E-state index in [0.29, 0.717) is 11.9 Å². The number of aromatic nitrogens is 2. The van der Waals surface area contributed by atoms with Gasteiger partial charge in [0.05, 0.1) is 6.54 Å². The Labute approximate surface area is 116 Å². The molecule has 0 aliphatic carbocycles. The van der Waals surface area contributed by atoms with Gasteiger partial charge >= 0.3 is 0 Å². The van der Waals surface area contributed by atoms with Crippen molar-refractivity contribution in [1.82, 2.24) is 9.97 Å². The second-order valence-corrected chi connectivity index (χ2v) is 5.45. The lowest BCUT2D eigenvalue weighted by atomic mass is 10.3. The van der Waals surface area contributed by atoms with E-state index in [4.69, 9.17) is 11.6 Å². The van der Waals surface area contributed by atoms with Gasteiger partial charge in [-0.15, -0.1) is 11.3 Å². The van der Waals surface area contributed by atoms with Gasteiger partial charge in [0.1, 0.15) is 11.6 Å². The lowest BCUT2D eigenvalue weighted by Crippen LogP contribution is -2.31. The minimum Gasteiger partial charge on any atom is -0.368 e. The van der Waals surface area contributed by atoms with Gasteiger partial charge in [-0.2, -0.15) is 9.97 Å². The first-order chi connectivity index (χ1) is 9.10. The maximum atomic E-state index is 5.70. The Kier molecular flexibility index (Phi) is 4.18. The van der Waals surface area contributed by atoms with Gasteiger partial charge in [0.2, 0.25) is 5.95 Å². The zero-order valence-corrected chi connectivity index (χ0v) is 11.8. The third kappa shape index (κ3) is 3.33. The third-order valence-electron chi connectivity index (χ3n) is 2.70. The highest BCUT2D eigenvalue weighted by Gasteiger charge is 2.15. The van der Waals surface area contributed by atoms with Crippen LogP contribution in [0.15, 0.2) is 23.6 Å². The molecule has 102 valence electrons. The number of rotatable bonds is 5. The molecule has 0 aliphatic rings. The molecule has 0 atom stereocenters. The number of nitrogen functional groups attached to an aromatic ring is 2. The summed E-state index contributed by atoms with van der Waals surface area (Å²) in [6.45, 7) is 5.01. The van der Waals surface area contributed by atoms with Crippen molar-refractivity contribution in [2.24, 2.45) is 5.84 Å². The average Bonchev–Trinajstić information content (AvgIpc) is 2.87. The fourth-order valence-corrected chi connectivity index (χ4v) is 2.47. The van der Waals surface area contributed by atoms with Crippen molar-refractivity contribution < 1.29 is 0 Å². The van der Waals surface area contributed by atoms with Crippen LogP contribution in [0.1, 0.15) is 18.7 Å². The summed E-state index contributed by atoms with van der Waals surface area (Å²) in [5.74, 6) is 6.88. The van der Waals surface area contributed by atoms with Gasteiger partial charge in [-0.25, -0.2) is 5.84 Å². The fraction of sp³-hybridized carbons (Fsp3) is 0.333. The molecule has 0 amide bonds. The van der Waals surface area contributed by atoms with Crippen molar-refractivity contribution in [2.45, 2.75) is 26.4 Å². The van der Waals surface area contributed by atoms with Crippen molar-refractivity contribution in [2.75, 3.05) is 16.1 Å². The van der Waals surface area contributed by atoms with E-state index in [1.165, 1.54) is 4.88 Å². The average molecular weight is 278 g/mol. The monoisotopic (exact) mass is 278 g/mol. The molecule has 0 fully saturated rings. The molecule has 0 radical (unpaired) electrons. The van der Waals surface area contributed by atoms with Gasteiger partial charge in [0.25, 0.3) is 0 Å². The topological polar surface area (TPSA) is 93.1 Å². The molecule has 0 aromatic carbocycles.